The molecule has 0 saturated carbocycles. The first-order valence-corrected chi connectivity index (χ1v) is 15.8. The molecule has 3 rings (SSSR count). The van der Waals surface area contributed by atoms with Gasteiger partial charge in [0.15, 0.2) is 0 Å². The molecule has 170 valence electrons. The third-order valence-corrected chi connectivity index (χ3v) is 16.0. The van der Waals surface area contributed by atoms with Crippen molar-refractivity contribution in [3.8, 4) is 0 Å². The van der Waals surface area contributed by atoms with E-state index in [1.165, 1.54) is 15.9 Å². The number of rotatable bonds is 9. The van der Waals surface area contributed by atoms with Crippen LogP contribution in [0.3, 0.4) is 0 Å². The summed E-state index contributed by atoms with van der Waals surface area (Å²) >= 11 is 4.48. The van der Waals surface area contributed by atoms with Gasteiger partial charge in [0.2, 0.25) is 0 Å². The third kappa shape index (κ3) is 5.16. The van der Waals surface area contributed by atoms with Crippen LogP contribution in [0, 0.1) is 5.41 Å². The number of carbonyl (C=O) groups excluding carboxylic acids is 1. The van der Waals surface area contributed by atoms with E-state index in [-0.39, 0.29) is 5.97 Å². The molecule has 0 bridgehead atoms. The fraction of sp³-hybridized carbons (Fsp3) is 0.321. The molecule has 0 aliphatic heterocycles. The first-order chi connectivity index (χ1) is 15.3. The Morgan fingerprint density at radius 2 is 1.12 bits per heavy atom. The zero-order valence-electron chi connectivity index (χ0n) is 19.3. The van der Waals surface area contributed by atoms with Gasteiger partial charge in [0.05, 0.1) is 0 Å². The summed E-state index contributed by atoms with van der Waals surface area (Å²) in [6, 6.07) is 32.6. The van der Waals surface area contributed by atoms with Gasteiger partial charge in [-0.25, -0.2) is 0 Å². The number of ether oxygens (including phenoxy) is 1. The van der Waals surface area contributed by atoms with Gasteiger partial charge < -0.3 is 0 Å². The Morgan fingerprint density at radius 1 is 0.719 bits per heavy atom. The van der Waals surface area contributed by atoms with Gasteiger partial charge >= 0.3 is 201 Å². The van der Waals surface area contributed by atoms with Gasteiger partial charge in [0.25, 0.3) is 0 Å². The summed E-state index contributed by atoms with van der Waals surface area (Å²) in [5.74, 6) is -0.129. The molecule has 0 heterocycles. The number of unbranched alkanes of at least 4 members (excludes halogenated alkanes) is 2. The Balaban J connectivity index is 1.89. The van der Waals surface area contributed by atoms with Crippen LogP contribution in [0.4, 0.5) is 0 Å². The Labute approximate surface area is 201 Å². The first kappa shape index (κ1) is 24.7. The van der Waals surface area contributed by atoms with Crippen molar-refractivity contribution in [1.82, 2.24) is 0 Å². The number of hydrogen-bond donors (Lipinski definition) is 0. The fourth-order valence-corrected chi connectivity index (χ4v) is 11.9. The number of benzene rings is 3. The average Bonchev–Trinajstić information content (AvgIpc) is 2.82. The van der Waals surface area contributed by atoms with Crippen LogP contribution in [-0.4, -0.2) is 18.7 Å². The predicted octanol–water partition coefficient (Wildman–Crippen LogP) is 6.59. The topological polar surface area (TPSA) is 26.3 Å². The second-order valence-corrected chi connectivity index (χ2v) is 18.4. The van der Waals surface area contributed by atoms with Crippen molar-refractivity contribution in [1.29, 1.82) is 0 Å². The van der Waals surface area contributed by atoms with Crippen LogP contribution in [0.25, 0.3) is 0 Å². The van der Waals surface area contributed by atoms with Crippen LogP contribution in [0.1, 0.15) is 40.0 Å². The van der Waals surface area contributed by atoms with Gasteiger partial charge in [-0.1, -0.05) is 0 Å². The molecule has 3 aromatic carbocycles. The second-order valence-electron chi connectivity index (χ2n) is 9.36. The van der Waals surface area contributed by atoms with Crippen molar-refractivity contribution in [2.45, 2.75) is 40.0 Å². The van der Waals surface area contributed by atoms with Crippen LogP contribution in [0.5, 0.6) is 0 Å². The summed E-state index contributed by atoms with van der Waals surface area (Å²) in [4.78, 5) is 12.0. The number of carbonyl (C=O) groups is 1. The van der Waals surface area contributed by atoms with Gasteiger partial charge in [-0.15, -0.1) is 0 Å². The van der Waals surface area contributed by atoms with E-state index < -0.39 is 10.7 Å². The van der Waals surface area contributed by atoms with E-state index in [1.54, 1.807) is 0 Å². The molecule has 0 radical (unpaired) electrons. The summed E-state index contributed by atoms with van der Waals surface area (Å²) < 4.78 is 5.48. The van der Waals surface area contributed by atoms with Crippen LogP contribution in [0.15, 0.2) is 91.0 Å². The zero-order chi connectivity index (χ0) is 23.1. The van der Waals surface area contributed by atoms with E-state index in [9.17, 15) is 4.79 Å². The van der Waals surface area contributed by atoms with Gasteiger partial charge in [0, 0.05) is 0 Å². The van der Waals surface area contributed by atoms with Crippen LogP contribution in [-0.2, 0) is 9.53 Å². The van der Waals surface area contributed by atoms with E-state index in [0.717, 1.165) is 25.4 Å². The van der Waals surface area contributed by atoms with E-state index >= 15 is 0 Å². The van der Waals surface area contributed by atoms with Gasteiger partial charge in [-0.2, -0.15) is 0 Å². The van der Waals surface area contributed by atoms with Crippen molar-refractivity contribution in [3.63, 3.8) is 0 Å². The molecule has 2 nitrogen and oxygen atoms in total. The Morgan fingerprint density at radius 3 is 1.50 bits per heavy atom. The summed E-state index contributed by atoms with van der Waals surface area (Å²) in [5, 5.41) is 1.18. The summed E-state index contributed by atoms with van der Waals surface area (Å²) in [7, 11) is 0. The SMILES string of the molecule is CC(C)(C)C(=O)OCCCCCP(Br)(c1ccccc1)(c1ccccc1)c1ccccc1. The molecular formula is C28H34BrO2P. The predicted molar refractivity (Wildman–Crippen MR) is 143 cm³/mol. The number of esters is 1. The molecule has 0 unspecified atom stereocenters. The van der Waals surface area contributed by atoms with Crippen LogP contribution in [0.2, 0.25) is 0 Å². The first-order valence-electron chi connectivity index (χ1n) is 11.3. The van der Waals surface area contributed by atoms with Crippen molar-refractivity contribution >= 4 is 42.7 Å². The quantitative estimate of drug-likeness (QED) is 0.183. The Bertz CT molecular complexity index is 898. The van der Waals surface area contributed by atoms with Crippen LogP contribution < -0.4 is 15.9 Å². The third-order valence-electron chi connectivity index (χ3n) is 5.95. The zero-order valence-corrected chi connectivity index (χ0v) is 21.8. The molecule has 32 heavy (non-hydrogen) atoms. The summed E-state index contributed by atoms with van der Waals surface area (Å²) in [6.07, 6.45) is 3.93. The van der Waals surface area contributed by atoms with E-state index in [2.05, 4.69) is 106 Å². The number of hydrogen-bond acceptors (Lipinski definition) is 2. The van der Waals surface area contributed by atoms with Crippen molar-refractivity contribution < 1.29 is 9.53 Å². The van der Waals surface area contributed by atoms with Crippen molar-refractivity contribution in [3.05, 3.63) is 91.0 Å². The molecular weight excluding hydrogens is 479 g/mol. The molecule has 0 aromatic heterocycles. The van der Waals surface area contributed by atoms with E-state index in [4.69, 9.17) is 4.74 Å². The average molecular weight is 513 g/mol. The van der Waals surface area contributed by atoms with Gasteiger partial charge in [-0.05, 0) is 0 Å². The molecule has 0 atom stereocenters. The molecule has 0 fully saturated rings. The molecule has 0 aliphatic rings. The maximum absolute atomic E-state index is 12.0. The second kappa shape index (κ2) is 10.3. The molecule has 0 amide bonds. The summed E-state index contributed by atoms with van der Waals surface area (Å²) in [5.41, 5.74) is -0.449. The molecule has 0 N–H and O–H groups in total. The Hall–Kier alpha value is -1.96. The van der Waals surface area contributed by atoms with Gasteiger partial charge in [0.1, 0.15) is 0 Å². The molecule has 0 saturated heterocycles. The molecule has 3 aromatic rings. The van der Waals surface area contributed by atoms with Crippen molar-refractivity contribution in [2.75, 3.05) is 12.8 Å². The number of halogens is 1. The van der Waals surface area contributed by atoms with E-state index in [0.29, 0.717) is 6.61 Å². The minimum atomic E-state index is -2.84. The normalized spacial score (nSPS) is 13.2. The van der Waals surface area contributed by atoms with E-state index in [1.807, 2.05) is 20.8 Å². The summed E-state index contributed by atoms with van der Waals surface area (Å²) in [6.45, 7) is 6.16. The minimum absolute atomic E-state index is 0.129. The van der Waals surface area contributed by atoms with Crippen LogP contribution >= 0.6 is 20.8 Å². The monoisotopic (exact) mass is 512 g/mol. The molecule has 0 spiro atoms. The van der Waals surface area contributed by atoms with Gasteiger partial charge in [-0.3, -0.25) is 0 Å². The molecule has 4 heteroatoms. The standard InChI is InChI=1S/C28H34BrO2P/c1-28(2,3)27(30)31-22-14-7-15-23-32(29,24-16-8-4-9-17-24,25-18-10-5-11-19-25)26-20-12-6-13-21-26/h4-6,8-13,16-21H,7,14-15,22-23H2,1-3H3. The fourth-order valence-electron chi connectivity index (χ4n) is 4.12. The Kier molecular flexibility index (Phi) is 7.96. The maximum atomic E-state index is 12.0. The molecule has 0 aliphatic carbocycles. The van der Waals surface area contributed by atoms with Crippen molar-refractivity contribution in [2.24, 2.45) is 5.41 Å².